The molecule has 1 aliphatic heterocycles. The maximum absolute atomic E-state index is 14.1. The molecule has 0 aromatic heterocycles. The van der Waals surface area contributed by atoms with Gasteiger partial charge in [-0.05, 0) is 42.5 Å². The molecule has 0 fully saturated rings. The van der Waals surface area contributed by atoms with Crippen molar-refractivity contribution in [1.29, 1.82) is 0 Å². The smallest absolute Gasteiger partial charge is 0.434 e. The number of carbonyl (C=O) groups is 2. The fourth-order valence-electron chi connectivity index (χ4n) is 2.84. The molecule has 1 aliphatic rings. The molecule has 148 valence electrons. The van der Waals surface area contributed by atoms with E-state index >= 15 is 0 Å². The van der Waals surface area contributed by atoms with E-state index in [1.54, 1.807) is 0 Å². The van der Waals surface area contributed by atoms with Crippen molar-refractivity contribution in [3.05, 3.63) is 59.7 Å². The van der Waals surface area contributed by atoms with Crippen molar-refractivity contribution in [3.8, 4) is 0 Å². The molecule has 11 heteroatoms. The summed E-state index contributed by atoms with van der Waals surface area (Å²) in [5.41, 5.74) is -4.96. The first-order valence-electron chi connectivity index (χ1n) is 7.66. The number of fused-ring (bicyclic) bond motifs is 1. The first-order chi connectivity index (χ1) is 13.0. The van der Waals surface area contributed by atoms with E-state index < -0.39 is 47.7 Å². The summed E-state index contributed by atoms with van der Waals surface area (Å²) >= 11 is 0. The Hall–Kier alpha value is -3.37. The van der Waals surface area contributed by atoms with E-state index in [4.69, 9.17) is 0 Å². The van der Waals surface area contributed by atoms with Gasteiger partial charge in [-0.25, -0.2) is 18.4 Å². The molecule has 0 saturated carbocycles. The van der Waals surface area contributed by atoms with Gasteiger partial charge in [0.25, 0.3) is 5.60 Å². The van der Waals surface area contributed by atoms with E-state index in [-0.39, 0.29) is 16.3 Å². The Morgan fingerprint density at radius 3 is 2.29 bits per heavy atom. The molecule has 1 unspecified atom stereocenters. The van der Waals surface area contributed by atoms with Gasteiger partial charge in [-0.1, -0.05) is 0 Å². The van der Waals surface area contributed by atoms with Gasteiger partial charge in [0.1, 0.15) is 11.6 Å². The van der Waals surface area contributed by atoms with Crippen LogP contribution in [0, 0.1) is 11.6 Å². The third-order valence-corrected chi connectivity index (χ3v) is 4.13. The number of amides is 2. The highest BCUT2D eigenvalue weighted by atomic mass is 19.4. The number of nitrogens with one attached hydrogen (secondary N) is 1. The molecule has 6 nitrogen and oxygen atoms in total. The number of ether oxygens (including phenoxy) is 1. The van der Waals surface area contributed by atoms with Crippen molar-refractivity contribution in [2.75, 3.05) is 16.8 Å². The number of anilines is 2. The van der Waals surface area contributed by atoms with E-state index in [9.17, 15) is 36.6 Å². The number of hydrogen-bond acceptors (Lipinski definition) is 3. The third kappa shape index (κ3) is 3.30. The number of carboxylic acid groups (broad SMARTS) is 1. The van der Waals surface area contributed by atoms with Crippen LogP contribution in [0.5, 0.6) is 0 Å². The van der Waals surface area contributed by atoms with Gasteiger partial charge < -0.3 is 9.84 Å². The minimum absolute atomic E-state index is 0.236. The minimum atomic E-state index is -5.30. The number of cyclic esters (lactones) is 1. The van der Waals surface area contributed by atoms with Gasteiger partial charge in [-0.2, -0.15) is 13.2 Å². The second-order valence-corrected chi connectivity index (χ2v) is 5.87. The normalized spacial score (nSPS) is 18.7. The van der Waals surface area contributed by atoms with Crippen LogP contribution in [0.1, 0.15) is 5.56 Å². The molecular weight excluding hydrogens is 391 g/mol. The number of benzene rings is 2. The third-order valence-electron chi connectivity index (χ3n) is 4.13. The van der Waals surface area contributed by atoms with Crippen LogP contribution in [0.4, 0.5) is 42.9 Å². The summed E-state index contributed by atoms with van der Waals surface area (Å²) in [4.78, 5) is 23.6. The molecule has 2 aromatic rings. The van der Waals surface area contributed by atoms with Gasteiger partial charge in [0, 0.05) is 11.3 Å². The summed E-state index contributed by atoms with van der Waals surface area (Å²) in [5.74, 6) is -1.78. The van der Waals surface area contributed by atoms with E-state index in [0.717, 1.165) is 36.4 Å². The molecule has 2 aromatic carbocycles. The highest BCUT2D eigenvalue weighted by Gasteiger charge is 2.63. The lowest BCUT2D eigenvalue weighted by Crippen LogP contribution is -2.57. The average molecular weight is 402 g/mol. The van der Waals surface area contributed by atoms with Gasteiger partial charge in [-0.15, -0.1) is 0 Å². The lowest BCUT2D eigenvalue weighted by atomic mass is 9.89. The van der Waals surface area contributed by atoms with Crippen LogP contribution < -0.4 is 10.2 Å². The summed E-state index contributed by atoms with van der Waals surface area (Å²) in [7, 11) is 0. The van der Waals surface area contributed by atoms with E-state index in [1.807, 2.05) is 5.32 Å². The molecule has 0 spiro atoms. The number of halogens is 5. The van der Waals surface area contributed by atoms with Crippen molar-refractivity contribution in [2.45, 2.75) is 11.8 Å². The summed E-state index contributed by atoms with van der Waals surface area (Å²) in [6.07, 6.45) is -8.61. The second kappa shape index (κ2) is 6.66. The topological polar surface area (TPSA) is 78.9 Å². The quantitative estimate of drug-likeness (QED) is 0.743. The lowest BCUT2D eigenvalue weighted by molar-refractivity contribution is -0.260. The zero-order chi connectivity index (χ0) is 20.7. The minimum Gasteiger partial charge on any atom is -0.465 e. The zero-order valence-electron chi connectivity index (χ0n) is 13.8. The van der Waals surface area contributed by atoms with E-state index in [0.29, 0.717) is 6.07 Å². The fraction of sp³-hybridized carbons (Fsp3) is 0.176. The van der Waals surface area contributed by atoms with Crippen molar-refractivity contribution in [2.24, 2.45) is 0 Å². The first kappa shape index (κ1) is 19.4. The number of alkyl halides is 3. The van der Waals surface area contributed by atoms with Gasteiger partial charge in [-0.3, -0.25) is 10.2 Å². The van der Waals surface area contributed by atoms with Crippen LogP contribution >= 0.6 is 0 Å². The zero-order valence-corrected chi connectivity index (χ0v) is 13.8. The van der Waals surface area contributed by atoms with Gasteiger partial charge in [0.15, 0.2) is 0 Å². The van der Waals surface area contributed by atoms with Crippen LogP contribution in [-0.4, -0.2) is 30.0 Å². The standard InChI is InChI=1S/C17H11F5N2O4/c18-9-1-4-11(5-2-9)24(15(26)27)8-16(17(20,21)22)12-7-10(19)3-6-13(12)23-14(25)28-16/h1-7H,8H2,(H,23,25)(H,26,27). The molecule has 0 radical (unpaired) electrons. The Bertz CT molecular complexity index is 932. The number of nitrogens with zero attached hydrogens (tertiary/aromatic N) is 1. The Labute approximate surface area is 154 Å². The Balaban J connectivity index is 2.18. The van der Waals surface area contributed by atoms with Crippen molar-refractivity contribution >= 4 is 23.6 Å². The van der Waals surface area contributed by atoms with Gasteiger partial charge in [0.2, 0.25) is 0 Å². The molecule has 0 bridgehead atoms. The molecule has 3 rings (SSSR count). The second-order valence-electron chi connectivity index (χ2n) is 5.87. The predicted octanol–water partition coefficient (Wildman–Crippen LogP) is 4.47. The largest absolute Gasteiger partial charge is 0.465 e. The highest BCUT2D eigenvalue weighted by molar-refractivity contribution is 5.90. The fourth-order valence-corrected chi connectivity index (χ4v) is 2.84. The molecule has 0 aliphatic carbocycles. The van der Waals surface area contributed by atoms with Crippen LogP contribution in [0.15, 0.2) is 42.5 Å². The lowest BCUT2D eigenvalue weighted by Gasteiger charge is -2.41. The van der Waals surface area contributed by atoms with E-state index in [2.05, 4.69) is 4.74 Å². The number of rotatable bonds is 3. The Kier molecular flexibility index (Phi) is 4.61. The van der Waals surface area contributed by atoms with Crippen LogP contribution in [-0.2, 0) is 10.3 Å². The SMILES string of the molecule is O=C1Nc2ccc(F)cc2C(CN(C(=O)O)c2ccc(F)cc2)(C(F)(F)F)O1. The van der Waals surface area contributed by atoms with Crippen molar-refractivity contribution < 1.29 is 41.4 Å². The first-order valence-corrected chi connectivity index (χ1v) is 7.66. The Morgan fingerprint density at radius 1 is 1.11 bits per heavy atom. The molecule has 1 atom stereocenters. The van der Waals surface area contributed by atoms with Gasteiger partial charge >= 0.3 is 18.4 Å². The summed E-state index contributed by atoms with van der Waals surface area (Å²) in [5, 5.41) is 11.4. The van der Waals surface area contributed by atoms with E-state index in [1.165, 1.54) is 0 Å². The highest BCUT2D eigenvalue weighted by Crippen LogP contribution is 2.48. The summed E-state index contributed by atoms with van der Waals surface area (Å²) in [6.45, 7) is -1.43. The van der Waals surface area contributed by atoms with Crippen LogP contribution in [0.3, 0.4) is 0 Å². The molecule has 2 amide bonds. The van der Waals surface area contributed by atoms with Crippen LogP contribution in [0.2, 0.25) is 0 Å². The number of carbonyl (C=O) groups excluding carboxylic acids is 1. The molecule has 2 N–H and O–H groups in total. The monoisotopic (exact) mass is 402 g/mol. The predicted molar refractivity (Wildman–Crippen MR) is 86.0 cm³/mol. The van der Waals surface area contributed by atoms with Crippen LogP contribution in [0.25, 0.3) is 0 Å². The van der Waals surface area contributed by atoms with Gasteiger partial charge in [0.05, 0.1) is 12.2 Å². The maximum atomic E-state index is 14.1. The van der Waals surface area contributed by atoms with Crippen molar-refractivity contribution in [1.82, 2.24) is 0 Å². The summed E-state index contributed by atoms with van der Waals surface area (Å²) in [6, 6.07) is 5.86. The maximum Gasteiger partial charge on any atom is 0.434 e. The molecule has 1 heterocycles. The molecule has 28 heavy (non-hydrogen) atoms. The molecule has 0 saturated heterocycles. The molecular formula is C17H11F5N2O4. The Morgan fingerprint density at radius 2 is 1.71 bits per heavy atom. The summed E-state index contributed by atoms with van der Waals surface area (Å²) < 4.78 is 73.5. The average Bonchev–Trinajstić information content (AvgIpc) is 2.59. The van der Waals surface area contributed by atoms with Crippen molar-refractivity contribution in [3.63, 3.8) is 0 Å². The number of hydrogen-bond donors (Lipinski definition) is 2.